The Kier molecular flexibility index (Phi) is 6.61. The highest BCUT2D eigenvalue weighted by Crippen LogP contribution is 2.40. The van der Waals surface area contributed by atoms with Crippen molar-refractivity contribution in [3.63, 3.8) is 0 Å². The van der Waals surface area contributed by atoms with Crippen molar-refractivity contribution in [2.24, 2.45) is 5.16 Å². The molecule has 0 radical (unpaired) electrons. The second-order valence-electron chi connectivity index (χ2n) is 7.80. The van der Waals surface area contributed by atoms with Gasteiger partial charge >= 0.3 is 11.0 Å². The zero-order chi connectivity index (χ0) is 26.3. The third-order valence-corrected chi connectivity index (χ3v) is 8.79. The highest BCUT2D eigenvalue weighted by Gasteiger charge is 2.55. The van der Waals surface area contributed by atoms with E-state index in [1.807, 2.05) is 0 Å². The number of β-lactam (4-membered cyclic amide) rings is 1. The highest BCUT2D eigenvalue weighted by molar-refractivity contribution is 8.00. The lowest BCUT2D eigenvalue weighted by atomic mass is 10.0. The number of hydrogen-bond donors (Lipinski definition) is 3. The Hall–Kier alpha value is -3.89. The monoisotopic (exact) mass is 560 g/mol. The lowest BCUT2D eigenvalue weighted by Crippen LogP contribution is -2.71. The minimum atomic E-state index is -1.27. The summed E-state index contributed by atoms with van der Waals surface area (Å²) in [5, 5.41) is 17.9. The predicted octanol–water partition coefficient (Wildman–Crippen LogP) is 0.224. The van der Waals surface area contributed by atoms with Crippen LogP contribution in [0.3, 0.4) is 0 Å². The molecule has 3 aromatic heterocycles. The first-order valence-electron chi connectivity index (χ1n) is 10.6. The molecule has 1 fully saturated rings. The summed E-state index contributed by atoms with van der Waals surface area (Å²) in [6.45, 7) is 0.0951. The summed E-state index contributed by atoms with van der Waals surface area (Å²) in [6.07, 6.45) is 3.92. The van der Waals surface area contributed by atoms with Crippen molar-refractivity contribution in [2.75, 3.05) is 18.6 Å². The van der Waals surface area contributed by atoms with Crippen molar-refractivity contribution in [2.45, 2.75) is 18.0 Å². The number of hydrogen-bond acceptors (Lipinski definition) is 12. The number of aliphatic carboxylic acids is 1. The van der Waals surface area contributed by atoms with E-state index in [2.05, 4.69) is 20.4 Å². The van der Waals surface area contributed by atoms with E-state index < -0.39 is 29.2 Å². The van der Waals surface area contributed by atoms with Crippen molar-refractivity contribution in [1.82, 2.24) is 20.2 Å². The molecule has 0 aliphatic carbocycles. The average Bonchev–Trinajstić information content (AvgIpc) is 3.48. The number of oxime groups is 1. The van der Waals surface area contributed by atoms with Gasteiger partial charge in [0.1, 0.15) is 34.6 Å². The number of nitrogens with two attached hydrogens (primary N) is 1. The molecule has 13 nitrogen and oxygen atoms in total. The smallest absolute Gasteiger partial charge is 0.352 e. The van der Waals surface area contributed by atoms with Crippen LogP contribution in [0.5, 0.6) is 0 Å². The molecule has 37 heavy (non-hydrogen) atoms. The second-order valence-corrected chi connectivity index (χ2v) is 10.9. The van der Waals surface area contributed by atoms with Crippen molar-refractivity contribution in [3.8, 4) is 0 Å². The number of aromatic nitrogens is 3. The molecule has 5 heterocycles. The molecule has 0 spiro atoms. The van der Waals surface area contributed by atoms with E-state index in [1.165, 1.54) is 40.5 Å². The number of thiazole rings is 2. The minimum Gasteiger partial charge on any atom is -0.477 e. The van der Waals surface area contributed by atoms with Crippen molar-refractivity contribution in [3.05, 3.63) is 45.8 Å². The maximum absolute atomic E-state index is 13.1. The highest BCUT2D eigenvalue weighted by atomic mass is 32.2. The van der Waals surface area contributed by atoms with Crippen LogP contribution in [0.25, 0.3) is 10.2 Å². The van der Waals surface area contributed by atoms with Gasteiger partial charge in [0, 0.05) is 22.9 Å². The first-order chi connectivity index (χ1) is 17.8. The van der Waals surface area contributed by atoms with Crippen molar-refractivity contribution >= 4 is 79.6 Å². The third kappa shape index (κ3) is 4.32. The number of nitrogens with one attached hydrogen (secondary N) is 1. The quantitative estimate of drug-likeness (QED) is 0.113. The molecule has 5 rings (SSSR count). The van der Waals surface area contributed by atoms with Crippen molar-refractivity contribution < 1.29 is 33.7 Å². The zero-order valence-corrected chi connectivity index (χ0v) is 21.4. The fourth-order valence-electron chi connectivity index (χ4n) is 4.10. The van der Waals surface area contributed by atoms with Gasteiger partial charge < -0.3 is 21.0 Å². The maximum Gasteiger partial charge on any atom is 0.352 e. The number of thioether (sulfide) groups is 1. The van der Waals surface area contributed by atoms with Crippen LogP contribution in [0, 0.1) is 0 Å². The number of rotatable bonds is 8. The molecule has 0 saturated carbocycles. The summed E-state index contributed by atoms with van der Waals surface area (Å²) in [5.41, 5.74) is 6.66. The van der Waals surface area contributed by atoms with Gasteiger partial charge in [0.25, 0.3) is 11.8 Å². The van der Waals surface area contributed by atoms with Crippen LogP contribution in [0.2, 0.25) is 0 Å². The van der Waals surface area contributed by atoms with Crippen LogP contribution in [-0.2, 0) is 25.8 Å². The standard InChI is InChI=1S/C21H17N7O6S3/c1-34-26-14(10-8-36-21(22)24-10)17(30)25-15-18(31)28-16(20(32)33)9(7-35-19(15)28)5-27-11-4-23-3-2-12(11)37-13(27)6-29/h2-4,6,8,15,19H,5,7H2,1H3,(H3-,22,24,25,30,32,33)/p+1/b26-14-/t15?,19-/m1/s1. The van der Waals surface area contributed by atoms with Crippen LogP contribution in [-0.4, -0.2) is 74.0 Å². The summed E-state index contributed by atoms with van der Waals surface area (Å²) in [6, 6.07) is 0.797. The molecule has 16 heteroatoms. The number of anilines is 1. The molecule has 2 aliphatic heterocycles. The first-order valence-corrected chi connectivity index (χ1v) is 13.3. The van der Waals surface area contributed by atoms with Gasteiger partial charge in [-0.05, 0) is 6.07 Å². The van der Waals surface area contributed by atoms with Crippen LogP contribution in [0.15, 0.2) is 40.3 Å². The number of fused-ring (bicyclic) bond motifs is 2. The van der Waals surface area contributed by atoms with Crippen LogP contribution in [0.4, 0.5) is 5.13 Å². The largest absolute Gasteiger partial charge is 0.477 e. The van der Waals surface area contributed by atoms with E-state index in [9.17, 15) is 24.3 Å². The molecule has 3 aromatic rings. The average molecular weight is 561 g/mol. The fourth-order valence-corrected chi connectivity index (χ4v) is 6.92. The predicted molar refractivity (Wildman–Crippen MR) is 135 cm³/mol. The number of carbonyl (C=O) groups is 4. The van der Waals surface area contributed by atoms with E-state index in [4.69, 9.17) is 10.6 Å². The number of amides is 2. The molecule has 0 aromatic carbocycles. The van der Waals surface area contributed by atoms with Gasteiger partial charge in [-0.3, -0.25) is 24.3 Å². The SMILES string of the molecule is CO/N=C(\C(=O)NC1C(=O)N2C(C(=O)O)=C(C[n+]3c(C=O)sc4ccncc43)CS[C@H]12)c1csc(N)n1. The summed E-state index contributed by atoms with van der Waals surface area (Å²) in [7, 11) is 1.27. The number of nitrogen functional groups attached to an aromatic ring is 1. The summed E-state index contributed by atoms with van der Waals surface area (Å²) in [5.74, 6) is -2.29. The first kappa shape index (κ1) is 24.8. The lowest BCUT2D eigenvalue weighted by molar-refractivity contribution is -0.660. The molecule has 1 saturated heterocycles. The Morgan fingerprint density at radius 2 is 2.27 bits per heavy atom. The van der Waals surface area contributed by atoms with Crippen LogP contribution >= 0.6 is 34.4 Å². The van der Waals surface area contributed by atoms with Crippen molar-refractivity contribution in [1.29, 1.82) is 0 Å². The molecule has 190 valence electrons. The molecule has 4 N–H and O–H groups in total. The van der Waals surface area contributed by atoms with E-state index >= 15 is 0 Å². The Bertz CT molecular complexity index is 1510. The van der Waals surface area contributed by atoms with Crippen LogP contribution < -0.4 is 15.6 Å². The number of carbonyl (C=O) groups excluding carboxylic acids is 3. The number of aldehydes is 1. The molecular weight excluding hydrogens is 542 g/mol. The minimum absolute atomic E-state index is 0.0951. The van der Waals surface area contributed by atoms with Gasteiger partial charge in [-0.15, -0.1) is 23.1 Å². The molecule has 0 bridgehead atoms. The number of carboxylic acid groups (broad SMARTS) is 1. The Labute approximate surface area is 220 Å². The van der Waals surface area contributed by atoms with Gasteiger partial charge in [-0.2, -0.15) is 4.57 Å². The Morgan fingerprint density at radius 1 is 1.46 bits per heavy atom. The number of carboxylic acids is 1. The molecule has 2 atom stereocenters. The molecule has 2 amide bonds. The van der Waals surface area contributed by atoms with Gasteiger partial charge in [-0.25, -0.2) is 9.78 Å². The Balaban J connectivity index is 1.40. The van der Waals surface area contributed by atoms with E-state index in [-0.39, 0.29) is 34.5 Å². The normalized spacial score (nSPS) is 19.4. The summed E-state index contributed by atoms with van der Waals surface area (Å²) in [4.78, 5) is 64.0. The second kappa shape index (κ2) is 9.87. The topological polar surface area (TPSA) is 181 Å². The molecular formula is C21H18N7O6S3+. The number of pyridine rings is 1. The van der Waals surface area contributed by atoms with E-state index in [1.54, 1.807) is 23.0 Å². The summed E-state index contributed by atoms with van der Waals surface area (Å²) < 4.78 is 2.52. The maximum atomic E-state index is 13.1. The fraction of sp³-hybridized carbons (Fsp3) is 0.238. The molecule has 2 aliphatic rings. The van der Waals surface area contributed by atoms with Gasteiger partial charge in [0.05, 0.1) is 6.20 Å². The van der Waals surface area contributed by atoms with Gasteiger partial charge in [0.15, 0.2) is 17.4 Å². The zero-order valence-electron chi connectivity index (χ0n) is 19.0. The molecule has 1 unspecified atom stereocenters. The van der Waals surface area contributed by atoms with Crippen LogP contribution in [0.1, 0.15) is 15.5 Å². The van der Waals surface area contributed by atoms with E-state index in [0.717, 1.165) is 16.0 Å². The third-order valence-electron chi connectivity index (χ3n) is 5.68. The Morgan fingerprint density at radius 3 is 2.95 bits per heavy atom. The lowest BCUT2D eigenvalue weighted by Gasteiger charge is -2.49. The van der Waals surface area contributed by atoms with Gasteiger partial charge in [-0.1, -0.05) is 16.5 Å². The van der Waals surface area contributed by atoms with Gasteiger partial charge in [0.2, 0.25) is 11.8 Å². The number of nitrogens with zero attached hydrogens (tertiary/aromatic N) is 5. The van der Waals surface area contributed by atoms with E-state index in [0.29, 0.717) is 22.4 Å². The summed E-state index contributed by atoms with van der Waals surface area (Å²) >= 11 is 3.69.